The van der Waals surface area contributed by atoms with Crippen LogP contribution < -0.4 is 15.4 Å². The number of anilines is 2. The normalized spacial score (nSPS) is 15.2. The van der Waals surface area contributed by atoms with Crippen molar-refractivity contribution in [3.05, 3.63) is 48.0 Å². The van der Waals surface area contributed by atoms with Crippen molar-refractivity contribution in [1.82, 2.24) is 0 Å². The molecule has 2 N–H and O–H groups in total. The number of ether oxygens (including phenoxy) is 2. The van der Waals surface area contributed by atoms with Crippen molar-refractivity contribution in [2.45, 2.75) is 24.0 Å². The zero-order valence-electron chi connectivity index (χ0n) is 15.5. The second kappa shape index (κ2) is 8.79. The summed E-state index contributed by atoms with van der Waals surface area (Å²) < 4.78 is 10.4. The highest BCUT2D eigenvalue weighted by Gasteiger charge is 2.24. The molecule has 0 saturated carbocycles. The van der Waals surface area contributed by atoms with Crippen LogP contribution in [-0.4, -0.2) is 36.2 Å². The standard InChI is InChI=1S/C20H20N2O5S/c1-3-26-15-7-5-14(6-8-15)21-18(23)11-27-20(25)13-4-9-17-16(10-13)22-19(24)12(2)28-17/h4-10,12H,3,11H2,1-2H3,(H,21,23)(H,22,24). The topological polar surface area (TPSA) is 93.7 Å². The van der Waals surface area contributed by atoms with Crippen molar-refractivity contribution < 1.29 is 23.9 Å². The Morgan fingerprint density at radius 1 is 1.18 bits per heavy atom. The second-order valence-corrected chi connectivity index (χ2v) is 7.42. The third-order valence-electron chi connectivity index (χ3n) is 3.93. The number of carbonyl (C=O) groups excluding carboxylic acids is 3. The van der Waals surface area contributed by atoms with E-state index in [2.05, 4.69) is 10.6 Å². The third-order valence-corrected chi connectivity index (χ3v) is 5.11. The van der Waals surface area contributed by atoms with Crippen LogP contribution in [0.2, 0.25) is 0 Å². The molecule has 3 rings (SSSR count). The minimum absolute atomic E-state index is 0.113. The smallest absolute Gasteiger partial charge is 0.338 e. The lowest BCUT2D eigenvalue weighted by Gasteiger charge is -2.21. The van der Waals surface area contributed by atoms with Gasteiger partial charge in [-0.05, 0) is 56.3 Å². The lowest BCUT2D eigenvalue weighted by molar-refractivity contribution is -0.119. The van der Waals surface area contributed by atoms with E-state index in [1.54, 1.807) is 42.5 Å². The Labute approximate surface area is 166 Å². The SMILES string of the molecule is CCOc1ccc(NC(=O)COC(=O)c2ccc3c(c2)NC(=O)C(C)S3)cc1. The van der Waals surface area contributed by atoms with Crippen molar-refractivity contribution >= 4 is 40.9 Å². The molecule has 1 atom stereocenters. The van der Waals surface area contributed by atoms with Crippen molar-refractivity contribution in [2.75, 3.05) is 23.8 Å². The summed E-state index contributed by atoms with van der Waals surface area (Å²) in [5.74, 6) is -0.493. The molecular weight excluding hydrogens is 380 g/mol. The van der Waals surface area contributed by atoms with Gasteiger partial charge < -0.3 is 20.1 Å². The van der Waals surface area contributed by atoms with Gasteiger partial charge in [-0.1, -0.05) is 0 Å². The first-order valence-electron chi connectivity index (χ1n) is 8.77. The van der Waals surface area contributed by atoms with E-state index in [0.29, 0.717) is 23.7 Å². The highest BCUT2D eigenvalue weighted by atomic mass is 32.2. The van der Waals surface area contributed by atoms with Gasteiger partial charge in [0.1, 0.15) is 5.75 Å². The summed E-state index contributed by atoms with van der Waals surface area (Å²) in [7, 11) is 0. The molecule has 0 aromatic heterocycles. The predicted octanol–water partition coefficient (Wildman–Crippen LogP) is 3.31. The molecule has 1 aliphatic rings. The van der Waals surface area contributed by atoms with Gasteiger partial charge in [0.25, 0.3) is 5.91 Å². The van der Waals surface area contributed by atoms with E-state index in [1.165, 1.54) is 11.8 Å². The van der Waals surface area contributed by atoms with Gasteiger partial charge in [-0.3, -0.25) is 9.59 Å². The van der Waals surface area contributed by atoms with E-state index in [-0.39, 0.29) is 16.7 Å². The van der Waals surface area contributed by atoms with Crippen molar-refractivity contribution in [1.29, 1.82) is 0 Å². The van der Waals surface area contributed by atoms with Gasteiger partial charge >= 0.3 is 5.97 Å². The highest BCUT2D eigenvalue weighted by molar-refractivity contribution is 8.00. The Morgan fingerprint density at radius 3 is 2.64 bits per heavy atom. The van der Waals surface area contributed by atoms with E-state index in [1.807, 2.05) is 13.8 Å². The number of rotatable bonds is 6. The number of hydrogen-bond donors (Lipinski definition) is 2. The maximum absolute atomic E-state index is 12.2. The zero-order valence-corrected chi connectivity index (χ0v) is 16.3. The molecule has 1 aliphatic heterocycles. The molecule has 146 valence electrons. The summed E-state index contributed by atoms with van der Waals surface area (Å²) in [6.07, 6.45) is 0. The minimum Gasteiger partial charge on any atom is -0.494 e. The van der Waals surface area contributed by atoms with Gasteiger partial charge in [0.05, 0.1) is 23.1 Å². The van der Waals surface area contributed by atoms with Crippen LogP contribution in [0.5, 0.6) is 5.75 Å². The number of thioether (sulfide) groups is 1. The summed E-state index contributed by atoms with van der Waals surface area (Å²) >= 11 is 1.43. The monoisotopic (exact) mass is 400 g/mol. The molecule has 0 aliphatic carbocycles. The molecule has 0 bridgehead atoms. The average Bonchev–Trinajstić information content (AvgIpc) is 2.68. The summed E-state index contributed by atoms with van der Waals surface area (Å²) in [5.41, 5.74) is 1.41. The Morgan fingerprint density at radius 2 is 1.93 bits per heavy atom. The molecular formula is C20H20N2O5S. The fourth-order valence-corrected chi connectivity index (χ4v) is 3.48. The predicted molar refractivity (Wildman–Crippen MR) is 107 cm³/mol. The number of benzene rings is 2. The lowest BCUT2D eigenvalue weighted by atomic mass is 10.2. The number of hydrogen-bond acceptors (Lipinski definition) is 6. The number of fused-ring (bicyclic) bond motifs is 1. The van der Waals surface area contributed by atoms with Gasteiger partial charge in [0.15, 0.2) is 6.61 Å². The van der Waals surface area contributed by atoms with E-state index in [9.17, 15) is 14.4 Å². The molecule has 1 unspecified atom stereocenters. The maximum atomic E-state index is 12.2. The fraction of sp³-hybridized carbons (Fsp3) is 0.250. The van der Waals surface area contributed by atoms with E-state index in [0.717, 1.165) is 4.90 Å². The van der Waals surface area contributed by atoms with Crippen LogP contribution in [0.3, 0.4) is 0 Å². The van der Waals surface area contributed by atoms with E-state index in [4.69, 9.17) is 9.47 Å². The first kappa shape index (κ1) is 19.8. The third kappa shape index (κ3) is 4.83. The zero-order chi connectivity index (χ0) is 20.1. The molecule has 1 heterocycles. The van der Waals surface area contributed by atoms with E-state index >= 15 is 0 Å². The molecule has 0 saturated heterocycles. The highest BCUT2D eigenvalue weighted by Crippen LogP contribution is 2.36. The van der Waals surface area contributed by atoms with Crippen LogP contribution in [0.25, 0.3) is 0 Å². The number of nitrogens with one attached hydrogen (secondary N) is 2. The first-order chi connectivity index (χ1) is 13.5. The number of carbonyl (C=O) groups is 3. The molecule has 0 spiro atoms. The Bertz CT molecular complexity index is 898. The Kier molecular flexibility index (Phi) is 6.20. The lowest BCUT2D eigenvalue weighted by Crippen LogP contribution is -2.26. The van der Waals surface area contributed by atoms with Crippen LogP contribution in [0.1, 0.15) is 24.2 Å². The summed E-state index contributed by atoms with van der Waals surface area (Å²) in [6.45, 7) is 3.85. The van der Waals surface area contributed by atoms with Crippen LogP contribution in [0.4, 0.5) is 11.4 Å². The van der Waals surface area contributed by atoms with Crippen LogP contribution in [0.15, 0.2) is 47.4 Å². The van der Waals surface area contributed by atoms with Crippen molar-refractivity contribution in [3.8, 4) is 5.75 Å². The van der Waals surface area contributed by atoms with Gasteiger partial charge in [-0.2, -0.15) is 0 Å². The summed E-state index contributed by atoms with van der Waals surface area (Å²) in [4.78, 5) is 36.9. The molecule has 8 heteroatoms. The van der Waals surface area contributed by atoms with Crippen LogP contribution in [0, 0.1) is 0 Å². The average molecular weight is 400 g/mol. The van der Waals surface area contributed by atoms with Gasteiger partial charge in [-0.25, -0.2) is 4.79 Å². The van der Waals surface area contributed by atoms with Gasteiger partial charge in [0.2, 0.25) is 5.91 Å². The molecule has 0 radical (unpaired) electrons. The second-order valence-electron chi connectivity index (χ2n) is 6.04. The van der Waals surface area contributed by atoms with Crippen molar-refractivity contribution in [3.63, 3.8) is 0 Å². The van der Waals surface area contributed by atoms with E-state index < -0.39 is 18.5 Å². The first-order valence-corrected chi connectivity index (χ1v) is 9.65. The molecule has 7 nitrogen and oxygen atoms in total. The Hall–Kier alpha value is -3.00. The Balaban J connectivity index is 1.54. The molecule has 2 aromatic rings. The number of esters is 1. The van der Waals surface area contributed by atoms with Crippen LogP contribution in [-0.2, 0) is 14.3 Å². The largest absolute Gasteiger partial charge is 0.494 e. The molecule has 0 fully saturated rings. The molecule has 2 amide bonds. The summed E-state index contributed by atoms with van der Waals surface area (Å²) in [6, 6.07) is 11.8. The molecule has 28 heavy (non-hydrogen) atoms. The summed E-state index contributed by atoms with van der Waals surface area (Å²) in [5, 5.41) is 5.22. The van der Waals surface area contributed by atoms with Crippen molar-refractivity contribution in [2.24, 2.45) is 0 Å². The van der Waals surface area contributed by atoms with Gasteiger partial charge in [0, 0.05) is 10.6 Å². The van der Waals surface area contributed by atoms with Crippen LogP contribution >= 0.6 is 11.8 Å². The maximum Gasteiger partial charge on any atom is 0.338 e. The van der Waals surface area contributed by atoms with Gasteiger partial charge in [-0.15, -0.1) is 11.8 Å². The fourth-order valence-electron chi connectivity index (χ4n) is 2.55. The quantitative estimate of drug-likeness (QED) is 0.723. The molecule has 2 aromatic carbocycles. The number of amides is 2. The minimum atomic E-state index is -0.637.